The van der Waals surface area contributed by atoms with Crippen LogP contribution in [0, 0.1) is 3.70 Å². The van der Waals surface area contributed by atoms with Crippen LogP contribution in [0.5, 0.6) is 0 Å². The molecule has 2 aromatic heterocycles. The molecule has 0 aliphatic rings. The maximum absolute atomic E-state index is 5.97. The van der Waals surface area contributed by atoms with Crippen molar-refractivity contribution in [2.45, 2.75) is 0 Å². The molecule has 0 radical (unpaired) electrons. The third-order valence-electron chi connectivity index (χ3n) is 1.58. The van der Waals surface area contributed by atoms with E-state index in [1.165, 1.54) is 0 Å². The number of aromatic nitrogens is 3. The van der Waals surface area contributed by atoms with Crippen molar-refractivity contribution < 1.29 is 0 Å². The third kappa shape index (κ3) is 1.87. The van der Waals surface area contributed by atoms with E-state index in [9.17, 15) is 0 Å². The molecule has 3 nitrogen and oxygen atoms in total. The van der Waals surface area contributed by atoms with Gasteiger partial charge in [0.15, 0.2) is 11.0 Å². The van der Waals surface area contributed by atoms with Crippen LogP contribution in [-0.2, 0) is 0 Å². The summed E-state index contributed by atoms with van der Waals surface area (Å²) in [5.41, 5.74) is 0. The molecule has 0 amide bonds. The van der Waals surface area contributed by atoms with Gasteiger partial charge in [-0.2, -0.15) is 5.10 Å². The lowest BCUT2D eigenvalue weighted by atomic mass is 10.4. The summed E-state index contributed by atoms with van der Waals surface area (Å²) in [6, 6.07) is 5.27. The van der Waals surface area contributed by atoms with Crippen molar-refractivity contribution in [2.75, 3.05) is 0 Å². The zero-order chi connectivity index (χ0) is 10.1. The highest BCUT2D eigenvalue weighted by molar-refractivity contribution is 14.1. The minimum atomic E-state index is 0.427. The summed E-state index contributed by atoms with van der Waals surface area (Å²) in [7, 11) is 0. The van der Waals surface area contributed by atoms with Crippen LogP contribution in [0.4, 0.5) is 0 Å². The highest BCUT2D eigenvalue weighted by Gasteiger charge is 2.09. The van der Waals surface area contributed by atoms with Crippen molar-refractivity contribution in [2.24, 2.45) is 0 Å². The molecule has 0 saturated heterocycles. The first-order valence-electron chi connectivity index (χ1n) is 3.70. The fraction of sp³-hybridized carbons (Fsp3) is 0. The Bertz CT molecular complexity index is 469. The SMILES string of the molecule is Clc1cc(I)n(-c2ncccc2Cl)n1. The fourth-order valence-electron chi connectivity index (χ4n) is 1.01. The summed E-state index contributed by atoms with van der Waals surface area (Å²) in [4.78, 5) is 4.13. The average molecular weight is 340 g/mol. The highest BCUT2D eigenvalue weighted by atomic mass is 127. The largest absolute Gasteiger partial charge is 0.236 e. The summed E-state index contributed by atoms with van der Waals surface area (Å²) in [5.74, 6) is 0.588. The molecule has 0 fully saturated rings. The molecule has 0 bridgehead atoms. The number of pyridine rings is 1. The van der Waals surface area contributed by atoms with E-state index < -0.39 is 0 Å². The molecule has 0 saturated carbocycles. The lowest BCUT2D eigenvalue weighted by Crippen LogP contribution is -2.01. The molecule has 0 spiro atoms. The molecule has 6 heteroatoms. The Morgan fingerprint density at radius 2 is 2.14 bits per heavy atom. The second-order valence-corrected chi connectivity index (χ2v) is 4.41. The van der Waals surface area contributed by atoms with E-state index in [1.807, 2.05) is 0 Å². The molecule has 2 heterocycles. The molecular weight excluding hydrogens is 336 g/mol. The Kier molecular flexibility index (Phi) is 2.94. The van der Waals surface area contributed by atoms with Crippen molar-refractivity contribution >= 4 is 45.8 Å². The van der Waals surface area contributed by atoms with E-state index >= 15 is 0 Å². The van der Waals surface area contributed by atoms with E-state index in [0.717, 1.165) is 3.70 Å². The number of halogens is 3. The molecule has 72 valence electrons. The minimum Gasteiger partial charge on any atom is -0.236 e. The minimum absolute atomic E-state index is 0.427. The molecule has 0 atom stereocenters. The van der Waals surface area contributed by atoms with E-state index in [-0.39, 0.29) is 0 Å². The van der Waals surface area contributed by atoms with E-state index in [1.54, 1.807) is 29.1 Å². The van der Waals surface area contributed by atoms with Crippen molar-refractivity contribution in [3.8, 4) is 5.82 Å². The van der Waals surface area contributed by atoms with Crippen LogP contribution in [0.15, 0.2) is 24.4 Å². The zero-order valence-electron chi connectivity index (χ0n) is 6.78. The number of nitrogens with zero attached hydrogens (tertiary/aromatic N) is 3. The van der Waals surface area contributed by atoms with Crippen molar-refractivity contribution in [1.29, 1.82) is 0 Å². The van der Waals surface area contributed by atoms with Crippen LogP contribution in [0.2, 0.25) is 10.2 Å². The summed E-state index contributed by atoms with van der Waals surface area (Å²) in [6.07, 6.45) is 1.66. The Hall–Kier alpha value is -0.330. The van der Waals surface area contributed by atoms with Crippen LogP contribution >= 0.6 is 45.8 Å². The van der Waals surface area contributed by atoms with Gasteiger partial charge in [0.25, 0.3) is 0 Å². The lowest BCUT2D eigenvalue weighted by molar-refractivity contribution is 0.828. The summed E-state index contributed by atoms with van der Waals surface area (Å²) < 4.78 is 2.47. The maximum atomic E-state index is 5.97. The van der Waals surface area contributed by atoms with E-state index in [2.05, 4.69) is 32.7 Å². The van der Waals surface area contributed by atoms with E-state index in [0.29, 0.717) is 16.0 Å². The Balaban J connectivity index is 2.60. The Morgan fingerprint density at radius 1 is 1.36 bits per heavy atom. The maximum Gasteiger partial charge on any atom is 0.173 e. The predicted octanol–water partition coefficient (Wildman–Crippen LogP) is 3.18. The number of hydrogen-bond acceptors (Lipinski definition) is 2. The van der Waals surface area contributed by atoms with Gasteiger partial charge in [-0.05, 0) is 34.7 Å². The number of rotatable bonds is 1. The van der Waals surface area contributed by atoms with Gasteiger partial charge in [0.05, 0.1) is 5.02 Å². The lowest BCUT2D eigenvalue weighted by Gasteiger charge is -2.02. The highest BCUT2D eigenvalue weighted by Crippen LogP contribution is 2.21. The van der Waals surface area contributed by atoms with Crippen LogP contribution in [-0.4, -0.2) is 14.8 Å². The molecule has 14 heavy (non-hydrogen) atoms. The molecule has 2 aromatic rings. The fourth-order valence-corrected chi connectivity index (χ4v) is 2.21. The van der Waals surface area contributed by atoms with Gasteiger partial charge in [-0.3, -0.25) is 0 Å². The van der Waals surface area contributed by atoms with Crippen molar-refractivity contribution in [1.82, 2.24) is 14.8 Å². The summed E-state index contributed by atoms with van der Waals surface area (Å²) in [6.45, 7) is 0. The predicted molar refractivity (Wildman–Crippen MR) is 64.1 cm³/mol. The molecule has 0 aromatic carbocycles. The second-order valence-electron chi connectivity index (χ2n) is 2.51. The Morgan fingerprint density at radius 3 is 2.71 bits per heavy atom. The smallest absolute Gasteiger partial charge is 0.173 e. The van der Waals surface area contributed by atoms with Gasteiger partial charge in [0.2, 0.25) is 0 Å². The van der Waals surface area contributed by atoms with Crippen molar-refractivity contribution in [3.05, 3.63) is 38.3 Å². The molecule has 0 N–H and O–H groups in total. The summed E-state index contributed by atoms with van der Waals surface area (Å²) in [5, 5.41) is 5.04. The number of hydrogen-bond donors (Lipinski definition) is 0. The first-order valence-corrected chi connectivity index (χ1v) is 5.54. The van der Waals surface area contributed by atoms with Gasteiger partial charge in [-0.1, -0.05) is 23.2 Å². The molecule has 0 aliphatic heterocycles. The third-order valence-corrected chi connectivity index (χ3v) is 2.82. The van der Waals surface area contributed by atoms with Gasteiger partial charge < -0.3 is 0 Å². The van der Waals surface area contributed by atoms with Gasteiger partial charge in [0.1, 0.15) is 3.70 Å². The van der Waals surface area contributed by atoms with Gasteiger partial charge in [0, 0.05) is 12.3 Å². The summed E-state index contributed by atoms with van der Waals surface area (Å²) >= 11 is 13.8. The van der Waals surface area contributed by atoms with Crippen LogP contribution in [0.25, 0.3) is 5.82 Å². The van der Waals surface area contributed by atoms with Crippen LogP contribution in [0.3, 0.4) is 0 Å². The van der Waals surface area contributed by atoms with Gasteiger partial charge >= 0.3 is 0 Å². The first kappa shape index (κ1) is 10.2. The topological polar surface area (TPSA) is 30.7 Å². The first-order chi connectivity index (χ1) is 6.68. The van der Waals surface area contributed by atoms with Gasteiger partial charge in [-0.25, -0.2) is 9.67 Å². The second kappa shape index (κ2) is 4.04. The average Bonchev–Trinajstić information content (AvgIpc) is 2.46. The Labute approximate surface area is 104 Å². The normalized spacial score (nSPS) is 10.5. The van der Waals surface area contributed by atoms with E-state index in [4.69, 9.17) is 23.2 Å². The molecule has 0 aliphatic carbocycles. The van der Waals surface area contributed by atoms with Crippen LogP contribution in [0.1, 0.15) is 0 Å². The molecule has 2 rings (SSSR count). The molecule has 0 unspecified atom stereocenters. The zero-order valence-corrected chi connectivity index (χ0v) is 10.5. The quantitative estimate of drug-likeness (QED) is 0.747. The van der Waals surface area contributed by atoms with Crippen LogP contribution < -0.4 is 0 Å². The monoisotopic (exact) mass is 339 g/mol. The molecular formula is C8H4Cl2IN3. The standard InChI is InChI=1S/C8H4Cl2IN3/c9-5-2-1-3-12-8(5)14-7(11)4-6(10)13-14/h1-4H. The van der Waals surface area contributed by atoms with Crippen molar-refractivity contribution in [3.63, 3.8) is 0 Å². The van der Waals surface area contributed by atoms with Gasteiger partial charge in [-0.15, -0.1) is 0 Å².